The molecule has 0 aromatic rings. The van der Waals surface area contributed by atoms with Crippen LogP contribution in [0, 0.1) is 5.41 Å². The third-order valence-electron chi connectivity index (χ3n) is 4.72. The van der Waals surface area contributed by atoms with Crippen molar-refractivity contribution in [1.29, 1.82) is 0 Å². The first-order valence-corrected chi connectivity index (χ1v) is 9.13. The first-order valence-electron chi connectivity index (χ1n) is 9.13. The molecule has 0 radical (unpaired) electrons. The van der Waals surface area contributed by atoms with Gasteiger partial charge in [0.1, 0.15) is 0 Å². The zero-order valence-electron chi connectivity index (χ0n) is 14.8. The standard InChI is InChI=1S/C19H38N2/c1-19(2)15-12-14-18(17-19)13-10-8-6-4-5-7-9-11-16-21(3)20/h14H,4-13,15-17,20H2,1-3H3. The smallest absolute Gasteiger partial charge is 0.0125 e. The fraction of sp³-hybridized carbons (Fsp3) is 0.895. The number of hydrogen-bond acceptors (Lipinski definition) is 2. The molecular weight excluding hydrogens is 256 g/mol. The molecule has 1 aliphatic carbocycles. The third kappa shape index (κ3) is 10.1. The van der Waals surface area contributed by atoms with Crippen LogP contribution in [0.4, 0.5) is 0 Å². The number of unbranched alkanes of at least 4 members (excludes halogenated alkanes) is 7. The molecule has 0 amide bonds. The number of hydrazine groups is 1. The van der Waals surface area contributed by atoms with Crippen LogP contribution in [-0.4, -0.2) is 18.6 Å². The lowest BCUT2D eigenvalue weighted by atomic mass is 9.76. The number of nitrogens with zero attached hydrogens (tertiary/aromatic N) is 1. The molecule has 0 aromatic heterocycles. The van der Waals surface area contributed by atoms with E-state index in [-0.39, 0.29) is 0 Å². The molecule has 1 aliphatic rings. The Morgan fingerprint density at radius 3 is 2.14 bits per heavy atom. The van der Waals surface area contributed by atoms with Gasteiger partial charge >= 0.3 is 0 Å². The van der Waals surface area contributed by atoms with Crippen molar-refractivity contribution in [2.24, 2.45) is 11.3 Å². The summed E-state index contributed by atoms with van der Waals surface area (Å²) in [6.45, 7) is 5.87. The van der Waals surface area contributed by atoms with Gasteiger partial charge in [0, 0.05) is 13.6 Å². The molecule has 1 rings (SSSR count). The van der Waals surface area contributed by atoms with Gasteiger partial charge in [-0.3, -0.25) is 10.9 Å². The van der Waals surface area contributed by atoms with Crippen molar-refractivity contribution in [3.8, 4) is 0 Å². The number of nitrogens with two attached hydrogens (primary N) is 1. The molecule has 0 atom stereocenters. The second-order valence-corrected chi connectivity index (χ2v) is 7.80. The first-order chi connectivity index (χ1) is 9.99. The van der Waals surface area contributed by atoms with E-state index in [1.165, 1.54) is 77.0 Å². The Bertz CT molecular complexity index is 292. The summed E-state index contributed by atoms with van der Waals surface area (Å²) >= 11 is 0. The summed E-state index contributed by atoms with van der Waals surface area (Å²) in [7, 11) is 1.95. The van der Waals surface area contributed by atoms with Crippen molar-refractivity contribution in [3.63, 3.8) is 0 Å². The van der Waals surface area contributed by atoms with Gasteiger partial charge in [-0.25, -0.2) is 0 Å². The highest BCUT2D eigenvalue weighted by atomic mass is 15.4. The molecule has 2 N–H and O–H groups in total. The van der Waals surface area contributed by atoms with E-state index in [1.807, 2.05) is 7.05 Å². The highest BCUT2D eigenvalue weighted by Gasteiger charge is 2.21. The average molecular weight is 295 g/mol. The minimum atomic E-state index is 0.557. The van der Waals surface area contributed by atoms with Crippen molar-refractivity contribution < 1.29 is 0 Å². The van der Waals surface area contributed by atoms with Crippen molar-refractivity contribution in [3.05, 3.63) is 11.6 Å². The topological polar surface area (TPSA) is 29.3 Å². The predicted molar refractivity (Wildman–Crippen MR) is 94.1 cm³/mol. The van der Waals surface area contributed by atoms with Crippen LogP contribution in [0.1, 0.15) is 90.9 Å². The fourth-order valence-electron chi connectivity index (χ4n) is 3.41. The van der Waals surface area contributed by atoms with Crippen molar-refractivity contribution in [1.82, 2.24) is 5.01 Å². The number of rotatable bonds is 11. The zero-order chi connectivity index (χ0) is 15.6. The SMILES string of the molecule is CN(N)CCCCCCCCCCC1=CCCC(C)(C)C1. The molecule has 0 bridgehead atoms. The number of hydrogen-bond donors (Lipinski definition) is 1. The Labute approximate surface area is 133 Å². The molecule has 124 valence electrons. The quantitative estimate of drug-likeness (QED) is 0.238. The summed E-state index contributed by atoms with van der Waals surface area (Å²) < 4.78 is 0. The third-order valence-corrected chi connectivity index (χ3v) is 4.72. The van der Waals surface area contributed by atoms with E-state index in [9.17, 15) is 0 Å². The van der Waals surface area contributed by atoms with Gasteiger partial charge in [-0.1, -0.05) is 64.0 Å². The second kappa shape index (κ2) is 10.4. The van der Waals surface area contributed by atoms with E-state index in [0.29, 0.717) is 5.41 Å². The Balaban J connectivity index is 1.88. The molecule has 2 heteroatoms. The molecule has 0 saturated carbocycles. The number of allylic oxidation sites excluding steroid dienone is 2. The van der Waals surface area contributed by atoms with E-state index >= 15 is 0 Å². The molecule has 0 heterocycles. The fourth-order valence-corrected chi connectivity index (χ4v) is 3.41. The summed E-state index contributed by atoms with van der Waals surface area (Å²) in [5.41, 5.74) is 2.29. The lowest BCUT2D eigenvalue weighted by Gasteiger charge is -2.29. The minimum absolute atomic E-state index is 0.557. The van der Waals surface area contributed by atoms with Crippen LogP contribution < -0.4 is 5.84 Å². The van der Waals surface area contributed by atoms with Gasteiger partial charge in [-0.2, -0.15) is 0 Å². The van der Waals surface area contributed by atoms with Gasteiger partial charge in [-0.05, 0) is 43.9 Å². The van der Waals surface area contributed by atoms with Gasteiger partial charge in [0.2, 0.25) is 0 Å². The average Bonchev–Trinajstić information content (AvgIpc) is 2.39. The summed E-state index contributed by atoms with van der Waals surface area (Å²) in [6, 6.07) is 0. The molecule has 2 nitrogen and oxygen atoms in total. The van der Waals surface area contributed by atoms with Gasteiger partial charge in [-0.15, -0.1) is 0 Å². The Hall–Kier alpha value is -0.340. The zero-order valence-corrected chi connectivity index (χ0v) is 14.8. The van der Waals surface area contributed by atoms with Crippen LogP contribution in [0.5, 0.6) is 0 Å². The summed E-state index contributed by atoms with van der Waals surface area (Å²) in [4.78, 5) is 0. The van der Waals surface area contributed by atoms with E-state index in [0.717, 1.165) is 6.54 Å². The minimum Gasteiger partial charge on any atom is -0.269 e. The molecular formula is C19H38N2. The van der Waals surface area contributed by atoms with Crippen molar-refractivity contribution in [2.75, 3.05) is 13.6 Å². The van der Waals surface area contributed by atoms with Gasteiger partial charge in [0.05, 0.1) is 0 Å². The monoisotopic (exact) mass is 294 g/mol. The van der Waals surface area contributed by atoms with Crippen LogP contribution >= 0.6 is 0 Å². The van der Waals surface area contributed by atoms with Crippen LogP contribution in [0.3, 0.4) is 0 Å². The van der Waals surface area contributed by atoms with Crippen LogP contribution in [0.15, 0.2) is 11.6 Å². The Kier molecular flexibility index (Phi) is 9.26. The summed E-state index contributed by atoms with van der Waals surface area (Å²) in [6.07, 6.45) is 18.9. The maximum atomic E-state index is 5.60. The highest BCUT2D eigenvalue weighted by Crippen LogP contribution is 2.36. The van der Waals surface area contributed by atoms with Crippen molar-refractivity contribution >= 4 is 0 Å². The maximum absolute atomic E-state index is 5.60. The molecule has 0 spiro atoms. The molecule has 0 saturated heterocycles. The predicted octanol–water partition coefficient (Wildman–Crippen LogP) is 5.44. The van der Waals surface area contributed by atoms with Crippen LogP contribution in [0.25, 0.3) is 0 Å². The van der Waals surface area contributed by atoms with E-state index in [1.54, 1.807) is 10.6 Å². The normalized spacial score (nSPS) is 18.0. The first kappa shape index (κ1) is 18.7. The van der Waals surface area contributed by atoms with Crippen LogP contribution in [-0.2, 0) is 0 Å². The van der Waals surface area contributed by atoms with Gasteiger partial charge in [0.15, 0.2) is 0 Å². The Morgan fingerprint density at radius 1 is 1.00 bits per heavy atom. The van der Waals surface area contributed by atoms with Crippen molar-refractivity contribution in [2.45, 2.75) is 90.9 Å². The molecule has 0 unspecified atom stereocenters. The van der Waals surface area contributed by atoms with E-state index < -0.39 is 0 Å². The highest BCUT2D eigenvalue weighted by molar-refractivity contribution is 5.09. The largest absolute Gasteiger partial charge is 0.269 e. The molecule has 0 aromatic carbocycles. The molecule has 0 aliphatic heterocycles. The summed E-state index contributed by atoms with van der Waals surface area (Å²) in [5.74, 6) is 5.60. The lowest BCUT2D eigenvalue weighted by Crippen LogP contribution is -2.26. The lowest BCUT2D eigenvalue weighted by molar-refractivity contribution is 0.315. The Morgan fingerprint density at radius 2 is 1.57 bits per heavy atom. The second-order valence-electron chi connectivity index (χ2n) is 7.80. The molecule has 0 fully saturated rings. The van der Waals surface area contributed by atoms with Gasteiger partial charge < -0.3 is 0 Å². The van der Waals surface area contributed by atoms with E-state index in [2.05, 4.69) is 19.9 Å². The molecule has 21 heavy (non-hydrogen) atoms. The maximum Gasteiger partial charge on any atom is 0.0125 e. The van der Waals surface area contributed by atoms with Crippen LogP contribution in [0.2, 0.25) is 0 Å². The van der Waals surface area contributed by atoms with E-state index in [4.69, 9.17) is 5.84 Å². The van der Waals surface area contributed by atoms with Gasteiger partial charge in [0.25, 0.3) is 0 Å². The summed E-state index contributed by atoms with van der Waals surface area (Å²) in [5, 5.41) is 1.79.